The van der Waals surface area contributed by atoms with Crippen molar-refractivity contribution in [3.8, 4) is 17.6 Å². The third-order valence-corrected chi connectivity index (χ3v) is 4.52. The van der Waals surface area contributed by atoms with Crippen LogP contribution >= 0.6 is 0 Å². The number of carboxylic acids is 1. The topological polar surface area (TPSA) is 126 Å². The molecule has 0 radical (unpaired) electrons. The predicted molar refractivity (Wildman–Crippen MR) is 125 cm³/mol. The van der Waals surface area contributed by atoms with Crippen LogP contribution in [0.5, 0.6) is 11.5 Å². The molecule has 34 heavy (non-hydrogen) atoms. The van der Waals surface area contributed by atoms with Crippen molar-refractivity contribution in [2.75, 3.05) is 11.9 Å². The number of carboxylic acid groups (broad SMARTS) is 1. The van der Waals surface area contributed by atoms with Crippen LogP contribution in [-0.2, 0) is 4.79 Å². The number of anilines is 1. The molecule has 0 aliphatic heterocycles. The van der Waals surface area contributed by atoms with Crippen LogP contribution < -0.4 is 14.8 Å². The number of hydrogen-bond donors (Lipinski definition) is 2. The number of carbonyl (C=O) groups excluding carboxylic acids is 2. The highest BCUT2D eigenvalue weighted by Crippen LogP contribution is 2.30. The molecule has 8 nitrogen and oxygen atoms in total. The number of benzene rings is 3. The van der Waals surface area contributed by atoms with E-state index >= 15 is 0 Å². The van der Waals surface area contributed by atoms with E-state index in [-0.39, 0.29) is 28.3 Å². The van der Waals surface area contributed by atoms with E-state index in [9.17, 15) is 19.6 Å². The van der Waals surface area contributed by atoms with E-state index in [2.05, 4.69) is 5.32 Å². The van der Waals surface area contributed by atoms with E-state index in [4.69, 9.17) is 14.6 Å². The zero-order valence-corrected chi connectivity index (χ0v) is 18.1. The molecule has 0 saturated carbocycles. The van der Waals surface area contributed by atoms with E-state index in [1.54, 1.807) is 49.4 Å². The molecule has 3 aromatic rings. The lowest BCUT2D eigenvalue weighted by atomic mass is 10.1. The molecule has 2 N–H and O–H groups in total. The van der Waals surface area contributed by atoms with Gasteiger partial charge in [-0.15, -0.1) is 0 Å². The minimum Gasteiger partial charge on any atom is -0.490 e. The molecule has 0 unspecified atom stereocenters. The molecular weight excluding hydrogens is 436 g/mol. The second-order valence-corrected chi connectivity index (χ2v) is 6.90. The SMILES string of the molecule is CCOc1cc(C=C(C#N)C(=O)Nc2cccc(C(=O)O)c2)ccc1OC(=O)c1ccccc1. The molecule has 0 spiro atoms. The van der Waals surface area contributed by atoms with E-state index in [0.717, 1.165) is 0 Å². The Morgan fingerprint density at radius 2 is 1.71 bits per heavy atom. The van der Waals surface area contributed by atoms with Crippen LogP contribution in [0, 0.1) is 11.3 Å². The number of nitrogens with one attached hydrogen (secondary N) is 1. The van der Waals surface area contributed by atoms with Crippen molar-refractivity contribution >= 4 is 29.6 Å². The van der Waals surface area contributed by atoms with Crippen LogP contribution in [0.1, 0.15) is 33.2 Å². The van der Waals surface area contributed by atoms with Crippen molar-refractivity contribution in [3.05, 3.63) is 95.1 Å². The van der Waals surface area contributed by atoms with Gasteiger partial charge in [0.15, 0.2) is 11.5 Å². The van der Waals surface area contributed by atoms with Crippen molar-refractivity contribution in [1.82, 2.24) is 0 Å². The molecule has 0 aromatic heterocycles. The summed E-state index contributed by atoms with van der Waals surface area (Å²) in [6.07, 6.45) is 1.35. The molecule has 0 aliphatic rings. The van der Waals surface area contributed by atoms with Crippen molar-refractivity contribution in [2.45, 2.75) is 6.92 Å². The number of carbonyl (C=O) groups is 3. The van der Waals surface area contributed by atoms with Crippen LogP contribution in [0.4, 0.5) is 5.69 Å². The first-order valence-corrected chi connectivity index (χ1v) is 10.2. The summed E-state index contributed by atoms with van der Waals surface area (Å²) in [5, 5.41) is 21.1. The molecule has 0 aliphatic carbocycles. The van der Waals surface area contributed by atoms with Gasteiger partial charge in [0.05, 0.1) is 17.7 Å². The van der Waals surface area contributed by atoms with Gasteiger partial charge in [-0.3, -0.25) is 4.79 Å². The smallest absolute Gasteiger partial charge is 0.343 e. The summed E-state index contributed by atoms with van der Waals surface area (Å²) in [6.45, 7) is 2.07. The second kappa shape index (κ2) is 11.1. The van der Waals surface area contributed by atoms with Crippen LogP contribution in [0.25, 0.3) is 6.08 Å². The van der Waals surface area contributed by atoms with Gasteiger partial charge in [0.1, 0.15) is 11.6 Å². The fraction of sp³-hybridized carbons (Fsp3) is 0.0769. The van der Waals surface area contributed by atoms with Gasteiger partial charge in [0.2, 0.25) is 0 Å². The average molecular weight is 456 g/mol. The van der Waals surface area contributed by atoms with E-state index in [0.29, 0.717) is 17.7 Å². The lowest BCUT2D eigenvalue weighted by Crippen LogP contribution is -2.14. The van der Waals surface area contributed by atoms with Crippen LogP contribution in [-0.4, -0.2) is 29.6 Å². The van der Waals surface area contributed by atoms with Gasteiger partial charge in [0.25, 0.3) is 5.91 Å². The highest BCUT2D eigenvalue weighted by molar-refractivity contribution is 6.10. The van der Waals surface area contributed by atoms with Crippen LogP contribution in [0.2, 0.25) is 0 Å². The van der Waals surface area contributed by atoms with Crippen molar-refractivity contribution < 1.29 is 29.0 Å². The number of nitriles is 1. The number of esters is 1. The molecule has 1 amide bonds. The first-order chi connectivity index (χ1) is 16.4. The van der Waals surface area contributed by atoms with Gasteiger partial charge in [-0.05, 0) is 61.0 Å². The Labute approximate surface area is 195 Å². The van der Waals surface area contributed by atoms with Gasteiger partial charge >= 0.3 is 11.9 Å². The lowest BCUT2D eigenvalue weighted by Gasteiger charge is -2.12. The third-order valence-electron chi connectivity index (χ3n) is 4.52. The Morgan fingerprint density at radius 3 is 2.38 bits per heavy atom. The minimum atomic E-state index is -1.14. The zero-order chi connectivity index (χ0) is 24.5. The molecule has 0 fully saturated rings. The number of amides is 1. The Balaban J connectivity index is 1.82. The lowest BCUT2D eigenvalue weighted by molar-refractivity contribution is -0.112. The maximum absolute atomic E-state index is 12.6. The number of ether oxygens (including phenoxy) is 2. The summed E-state index contributed by atoms with van der Waals surface area (Å²) in [5.41, 5.74) is 0.877. The maximum Gasteiger partial charge on any atom is 0.343 e. The summed E-state index contributed by atoms with van der Waals surface area (Å²) in [5.74, 6) is -1.93. The van der Waals surface area contributed by atoms with Gasteiger partial charge in [-0.25, -0.2) is 9.59 Å². The maximum atomic E-state index is 12.6. The largest absolute Gasteiger partial charge is 0.490 e. The molecule has 8 heteroatoms. The quantitative estimate of drug-likeness (QED) is 0.220. The summed E-state index contributed by atoms with van der Waals surface area (Å²) in [7, 11) is 0. The fourth-order valence-corrected chi connectivity index (χ4v) is 2.94. The summed E-state index contributed by atoms with van der Waals surface area (Å²) in [6, 6.07) is 20.6. The normalized spacial score (nSPS) is 10.6. The molecule has 170 valence electrons. The minimum absolute atomic E-state index is 0.00211. The summed E-state index contributed by atoms with van der Waals surface area (Å²) in [4.78, 5) is 36.1. The van der Waals surface area contributed by atoms with E-state index < -0.39 is 17.8 Å². The van der Waals surface area contributed by atoms with Gasteiger partial charge in [-0.2, -0.15) is 5.26 Å². The summed E-state index contributed by atoms with van der Waals surface area (Å²) < 4.78 is 11.0. The number of rotatable bonds is 8. The van der Waals surface area contributed by atoms with E-state index in [1.165, 1.54) is 36.4 Å². The van der Waals surface area contributed by atoms with Crippen LogP contribution in [0.15, 0.2) is 78.4 Å². The first kappa shape index (κ1) is 23.8. The number of nitrogens with zero attached hydrogens (tertiary/aromatic N) is 1. The number of hydrogen-bond acceptors (Lipinski definition) is 6. The van der Waals surface area contributed by atoms with Crippen molar-refractivity contribution in [2.24, 2.45) is 0 Å². The Kier molecular flexibility index (Phi) is 7.76. The van der Waals surface area contributed by atoms with Crippen LogP contribution in [0.3, 0.4) is 0 Å². The highest BCUT2D eigenvalue weighted by Gasteiger charge is 2.15. The molecular formula is C26H20N2O6. The fourth-order valence-electron chi connectivity index (χ4n) is 2.94. The molecule has 0 bridgehead atoms. The third kappa shape index (κ3) is 6.08. The van der Waals surface area contributed by atoms with Crippen molar-refractivity contribution in [1.29, 1.82) is 5.26 Å². The predicted octanol–water partition coefficient (Wildman–Crippen LogP) is 4.55. The highest BCUT2D eigenvalue weighted by atomic mass is 16.6. The zero-order valence-electron chi connectivity index (χ0n) is 18.1. The molecule has 3 rings (SSSR count). The molecule has 0 atom stereocenters. The standard InChI is InChI=1S/C26H20N2O6/c1-2-33-23-14-17(11-12-22(23)34-26(32)18-7-4-3-5-8-18)13-20(16-27)24(29)28-21-10-6-9-19(15-21)25(30)31/h3-15H,2H2,1H3,(H,28,29)(H,30,31). The molecule has 0 saturated heterocycles. The Morgan fingerprint density at radius 1 is 0.971 bits per heavy atom. The van der Waals surface area contributed by atoms with Crippen molar-refractivity contribution in [3.63, 3.8) is 0 Å². The van der Waals surface area contributed by atoms with E-state index in [1.807, 2.05) is 6.07 Å². The number of aromatic carboxylic acids is 1. The monoisotopic (exact) mass is 456 g/mol. The molecule has 3 aromatic carbocycles. The first-order valence-electron chi connectivity index (χ1n) is 10.2. The van der Waals surface area contributed by atoms with Gasteiger partial charge in [0, 0.05) is 5.69 Å². The summed E-state index contributed by atoms with van der Waals surface area (Å²) >= 11 is 0. The molecule has 0 heterocycles. The Bertz CT molecular complexity index is 1290. The Hall–Kier alpha value is -4.90. The van der Waals surface area contributed by atoms with Gasteiger partial charge in [-0.1, -0.05) is 30.3 Å². The van der Waals surface area contributed by atoms with Gasteiger partial charge < -0.3 is 19.9 Å². The average Bonchev–Trinajstić information content (AvgIpc) is 2.84. The second-order valence-electron chi connectivity index (χ2n) is 6.90.